The van der Waals surface area contributed by atoms with E-state index < -0.39 is 23.4 Å². The summed E-state index contributed by atoms with van der Waals surface area (Å²) in [7, 11) is 0. The molecule has 0 heterocycles. The maximum absolute atomic E-state index is 13.1. The number of amides is 2. The van der Waals surface area contributed by atoms with Crippen molar-refractivity contribution in [1.29, 1.82) is 0 Å². The van der Waals surface area contributed by atoms with Gasteiger partial charge in [-0.1, -0.05) is 0 Å². The van der Waals surface area contributed by atoms with E-state index in [0.717, 1.165) is 29.2 Å². The lowest BCUT2D eigenvalue weighted by molar-refractivity contribution is 0.0897. The number of anilines is 2. The van der Waals surface area contributed by atoms with Crippen molar-refractivity contribution in [3.63, 3.8) is 0 Å². The van der Waals surface area contributed by atoms with Crippen molar-refractivity contribution >= 4 is 23.2 Å². The third-order valence-electron chi connectivity index (χ3n) is 3.74. The summed E-state index contributed by atoms with van der Waals surface area (Å²) in [5.41, 5.74) is 6.70. The molecule has 0 spiro atoms. The maximum atomic E-state index is 13.1. The highest BCUT2D eigenvalue weighted by molar-refractivity contribution is 6.25. The van der Waals surface area contributed by atoms with Crippen molar-refractivity contribution in [1.82, 2.24) is 0 Å². The molecule has 26 heavy (non-hydrogen) atoms. The van der Waals surface area contributed by atoms with Gasteiger partial charge in [-0.25, -0.2) is 13.7 Å². The number of carbonyl (C=O) groups is 2. The molecule has 2 N–H and O–H groups in total. The van der Waals surface area contributed by atoms with Crippen LogP contribution in [0.2, 0.25) is 0 Å². The zero-order chi connectivity index (χ0) is 18.7. The minimum absolute atomic E-state index is 0.138. The van der Waals surface area contributed by atoms with Gasteiger partial charge in [0.25, 0.3) is 11.8 Å². The van der Waals surface area contributed by atoms with E-state index in [4.69, 9.17) is 5.73 Å². The van der Waals surface area contributed by atoms with E-state index in [1.165, 1.54) is 36.4 Å². The Kier molecular flexibility index (Phi) is 4.75. The second-order valence-corrected chi connectivity index (χ2v) is 5.55. The van der Waals surface area contributed by atoms with E-state index in [2.05, 4.69) is 0 Å². The Labute approximate surface area is 148 Å². The van der Waals surface area contributed by atoms with Crippen LogP contribution in [-0.4, -0.2) is 11.8 Å². The van der Waals surface area contributed by atoms with Crippen molar-refractivity contribution in [3.8, 4) is 0 Å². The van der Waals surface area contributed by atoms with Gasteiger partial charge in [-0.2, -0.15) is 0 Å². The molecule has 0 aromatic heterocycles. The van der Waals surface area contributed by atoms with E-state index in [1.54, 1.807) is 12.1 Å². The minimum Gasteiger partial charge on any atom is -0.399 e. The number of benzene rings is 3. The molecule has 130 valence electrons. The molecule has 3 rings (SSSR count). The van der Waals surface area contributed by atoms with Crippen LogP contribution in [0.15, 0.2) is 72.8 Å². The molecule has 0 unspecified atom stereocenters. The SMILES string of the molecule is Nc1ccc(N(C(=O)c2ccc(F)cc2)C(=O)c2ccc(F)cc2)cc1. The number of hydrogen-bond acceptors (Lipinski definition) is 3. The average Bonchev–Trinajstić information content (AvgIpc) is 2.64. The van der Waals surface area contributed by atoms with Crippen LogP contribution in [0.25, 0.3) is 0 Å². The smallest absolute Gasteiger partial charge is 0.265 e. The van der Waals surface area contributed by atoms with E-state index >= 15 is 0 Å². The summed E-state index contributed by atoms with van der Waals surface area (Å²) in [6.45, 7) is 0. The molecule has 0 radical (unpaired) electrons. The molecule has 3 aromatic carbocycles. The van der Waals surface area contributed by atoms with Crippen LogP contribution in [0.3, 0.4) is 0 Å². The van der Waals surface area contributed by atoms with Crippen LogP contribution in [0.1, 0.15) is 20.7 Å². The summed E-state index contributed by atoms with van der Waals surface area (Å²) in [6, 6.07) is 15.9. The van der Waals surface area contributed by atoms with Gasteiger partial charge in [0.05, 0.1) is 5.69 Å². The fourth-order valence-electron chi connectivity index (χ4n) is 2.39. The van der Waals surface area contributed by atoms with E-state index in [9.17, 15) is 18.4 Å². The van der Waals surface area contributed by atoms with Gasteiger partial charge in [0, 0.05) is 16.8 Å². The Balaban J connectivity index is 2.05. The molecule has 4 nitrogen and oxygen atoms in total. The normalized spacial score (nSPS) is 10.4. The van der Waals surface area contributed by atoms with Crippen LogP contribution in [0.5, 0.6) is 0 Å². The number of carbonyl (C=O) groups excluding carboxylic acids is 2. The first-order valence-corrected chi connectivity index (χ1v) is 7.71. The molecular formula is C20H14F2N2O2. The van der Waals surface area contributed by atoms with Gasteiger partial charge in [0.1, 0.15) is 11.6 Å². The van der Waals surface area contributed by atoms with Gasteiger partial charge in [-0.15, -0.1) is 0 Å². The van der Waals surface area contributed by atoms with Crippen LogP contribution < -0.4 is 10.6 Å². The van der Waals surface area contributed by atoms with Crippen LogP contribution in [0, 0.1) is 11.6 Å². The largest absolute Gasteiger partial charge is 0.399 e. The van der Waals surface area contributed by atoms with Crippen molar-refractivity contribution in [2.24, 2.45) is 0 Å². The zero-order valence-corrected chi connectivity index (χ0v) is 13.5. The molecular weight excluding hydrogens is 338 g/mol. The average molecular weight is 352 g/mol. The lowest BCUT2D eigenvalue weighted by Gasteiger charge is -2.21. The zero-order valence-electron chi connectivity index (χ0n) is 13.5. The molecule has 0 aliphatic rings. The molecule has 3 aromatic rings. The Morgan fingerprint density at radius 2 is 1.04 bits per heavy atom. The minimum atomic E-state index is -0.635. The number of nitrogen functional groups attached to an aromatic ring is 1. The molecule has 0 fully saturated rings. The van der Waals surface area contributed by atoms with Crippen molar-refractivity contribution < 1.29 is 18.4 Å². The number of halogens is 2. The van der Waals surface area contributed by atoms with E-state index in [0.29, 0.717) is 11.4 Å². The molecule has 2 amide bonds. The van der Waals surface area contributed by atoms with Gasteiger partial charge in [-0.05, 0) is 72.8 Å². The lowest BCUT2D eigenvalue weighted by atomic mass is 10.1. The van der Waals surface area contributed by atoms with E-state index in [1.807, 2.05) is 0 Å². The summed E-state index contributed by atoms with van der Waals surface area (Å²) in [5, 5.41) is 0. The second-order valence-electron chi connectivity index (χ2n) is 5.55. The van der Waals surface area contributed by atoms with Crippen molar-refractivity contribution in [3.05, 3.63) is 95.6 Å². The highest BCUT2D eigenvalue weighted by Crippen LogP contribution is 2.22. The summed E-state index contributed by atoms with van der Waals surface area (Å²) >= 11 is 0. The van der Waals surface area contributed by atoms with Crippen LogP contribution in [0.4, 0.5) is 20.2 Å². The fourth-order valence-corrected chi connectivity index (χ4v) is 2.39. The van der Waals surface area contributed by atoms with Crippen LogP contribution in [-0.2, 0) is 0 Å². The number of nitrogens with two attached hydrogens (primary N) is 1. The molecule has 6 heteroatoms. The lowest BCUT2D eigenvalue weighted by Crippen LogP contribution is -2.37. The van der Waals surface area contributed by atoms with Crippen LogP contribution >= 0.6 is 0 Å². The number of rotatable bonds is 3. The molecule has 0 aliphatic heterocycles. The number of nitrogens with zero attached hydrogens (tertiary/aromatic N) is 1. The first-order chi connectivity index (χ1) is 12.5. The monoisotopic (exact) mass is 352 g/mol. The Morgan fingerprint density at radius 3 is 1.42 bits per heavy atom. The predicted octanol–water partition coefficient (Wildman–Crippen LogP) is 4.03. The highest BCUT2D eigenvalue weighted by Gasteiger charge is 2.26. The third-order valence-corrected chi connectivity index (χ3v) is 3.74. The first-order valence-electron chi connectivity index (χ1n) is 7.71. The highest BCUT2D eigenvalue weighted by atomic mass is 19.1. The first kappa shape index (κ1) is 17.3. The van der Waals surface area contributed by atoms with Crippen molar-refractivity contribution in [2.45, 2.75) is 0 Å². The summed E-state index contributed by atoms with van der Waals surface area (Å²) in [5.74, 6) is -2.26. The Morgan fingerprint density at radius 1 is 0.654 bits per heavy atom. The number of imide groups is 1. The summed E-state index contributed by atoms with van der Waals surface area (Å²) in [6.07, 6.45) is 0. The maximum Gasteiger partial charge on any atom is 0.265 e. The predicted molar refractivity (Wildman–Crippen MR) is 94.8 cm³/mol. The van der Waals surface area contributed by atoms with Gasteiger partial charge >= 0.3 is 0 Å². The quantitative estimate of drug-likeness (QED) is 0.572. The topological polar surface area (TPSA) is 63.4 Å². The standard InChI is InChI=1S/C20H14F2N2O2/c21-15-5-1-13(2-6-15)19(25)24(18-11-9-17(23)10-12-18)20(26)14-3-7-16(22)8-4-14/h1-12H,23H2. The van der Waals surface area contributed by atoms with Gasteiger partial charge in [0.2, 0.25) is 0 Å². The van der Waals surface area contributed by atoms with Gasteiger partial charge in [0.15, 0.2) is 0 Å². The van der Waals surface area contributed by atoms with Gasteiger partial charge < -0.3 is 5.73 Å². The molecule has 0 aliphatic carbocycles. The van der Waals surface area contributed by atoms with Crippen molar-refractivity contribution in [2.75, 3.05) is 10.6 Å². The molecule has 0 atom stereocenters. The number of hydrogen-bond donors (Lipinski definition) is 1. The summed E-state index contributed by atoms with van der Waals surface area (Å²) < 4.78 is 26.3. The third kappa shape index (κ3) is 3.59. The van der Waals surface area contributed by atoms with E-state index in [-0.39, 0.29) is 11.1 Å². The Bertz CT molecular complexity index is 880. The Hall–Kier alpha value is -3.54. The van der Waals surface area contributed by atoms with Gasteiger partial charge in [-0.3, -0.25) is 9.59 Å². The molecule has 0 bridgehead atoms. The summed E-state index contributed by atoms with van der Waals surface area (Å²) in [4.78, 5) is 26.7. The molecule has 0 saturated carbocycles. The second kappa shape index (κ2) is 7.14. The molecule has 0 saturated heterocycles. The fraction of sp³-hybridized carbons (Fsp3) is 0.